The predicted molar refractivity (Wildman–Crippen MR) is 78.2 cm³/mol. The maximum atomic E-state index is 9.37. The molecule has 0 spiro atoms. The number of phenols is 2. The Hall–Kier alpha value is -2.20. The van der Waals surface area contributed by atoms with Gasteiger partial charge in [0.25, 0.3) is 0 Å². The fraction of sp³-hybridized carbons (Fsp3) is 0.250. The third kappa shape index (κ3) is 4.17. The van der Waals surface area contributed by atoms with Crippen molar-refractivity contribution >= 4 is 0 Å². The van der Waals surface area contributed by atoms with Crippen molar-refractivity contribution in [3.05, 3.63) is 53.6 Å². The van der Waals surface area contributed by atoms with Crippen molar-refractivity contribution < 1.29 is 14.9 Å². The van der Waals surface area contributed by atoms with Gasteiger partial charge in [0.2, 0.25) is 0 Å². The molecule has 4 heteroatoms. The molecule has 0 bridgehead atoms. The van der Waals surface area contributed by atoms with Crippen LogP contribution in [0.3, 0.4) is 0 Å². The van der Waals surface area contributed by atoms with Crippen LogP contribution in [0.4, 0.5) is 0 Å². The molecule has 2 aromatic carbocycles. The quantitative estimate of drug-likeness (QED) is 0.559. The Kier molecular flexibility index (Phi) is 4.85. The number of aryl methyl sites for hydroxylation is 1. The molecule has 0 radical (unpaired) electrons. The van der Waals surface area contributed by atoms with Gasteiger partial charge in [0.15, 0.2) is 11.5 Å². The van der Waals surface area contributed by atoms with Crippen molar-refractivity contribution in [2.75, 3.05) is 13.2 Å². The topological polar surface area (TPSA) is 61.7 Å². The normalized spacial score (nSPS) is 10.4. The molecular weight excluding hydrogens is 254 g/mol. The van der Waals surface area contributed by atoms with Crippen molar-refractivity contribution in [1.82, 2.24) is 5.32 Å². The van der Waals surface area contributed by atoms with Crippen LogP contribution in [0.5, 0.6) is 17.2 Å². The van der Waals surface area contributed by atoms with E-state index in [0.717, 1.165) is 11.3 Å². The van der Waals surface area contributed by atoms with Gasteiger partial charge in [-0.05, 0) is 42.3 Å². The average Bonchev–Trinajstić information content (AvgIpc) is 2.42. The van der Waals surface area contributed by atoms with Gasteiger partial charge in [-0.3, -0.25) is 0 Å². The Labute approximate surface area is 118 Å². The van der Waals surface area contributed by atoms with Gasteiger partial charge in [-0.25, -0.2) is 0 Å². The van der Waals surface area contributed by atoms with Crippen LogP contribution in [-0.4, -0.2) is 23.4 Å². The largest absolute Gasteiger partial charge is 0.504 e. The van der Waals surface area contributed by atoms with E-state index in [-0.39, 0.29) is 11.5 Å². The third-order valence-electron chi connectivity index (χ3n) is 2.91. The molecule has 0 aliphatic rings. The number of aromatic hydroxyl groups is 2. The number of hydrogen-bond donors (Lipinski definition) is 3. The summed E-state index contributed by atoms with van der Waals surface area (Å²) in [7, 11) is 0. The second-order valence-electron chi connectivity index (χ2n) is 4.66. The molecule has 106 valence electrons. The van der Waals surface area contributed by atoms with Crippen molar-refractivity contribution in [3.63, 3.8) is 0 Å². The summed E-state index contributed by atoms with van der Waals surface area (Å²) in [6.45, 7) is 3.93. The standard InChI is InChI=1S/C16H19NO3/c1-12-3-2-4-14(9-12)20-8-7-17-11-13-5-6-15(18)16(19)10-13/h2-6,9-10,17-19H,7-8,11H2,1H3. The first kappa shape index (κ1) is 14.2. The summed E-state index contributed by atoms with van der Waals surface area (Å²) in [6.07, 6.45) is 0. The highest BCUT2D eigenvalue weighted by Crippen LogP contribution is 2.24. The number of phenolic OH excluding ortho intramolecular Hbond substituents is 2. The molecule has 3 N–H and O–H groups in total. The van der Waals surface area contributed by atoms with Crippen LogP contribution < -0.4 is 10.1 Å². The first-order valence-corrected chi connectivity index (χ1v) is 6.56. The lowest BCUT2D eigenvalue weighted by Crippen LogP contribution is -2.20. The van der Waals surface area contributed by atoms with E-state index in [2.05, 4.69) is 5.32 Å². The minimum Gasteiger partial charge on any atom is -0.504 e. The highest BCUT2D eigenvalue weighted by atomic mass is 16.5. The number of nitrogens with one attached hydrogen (secondary N) is 1. The van der Waals surface area contributed by atoms with Gasteiger partial charge >= 0.3 is 0 Å². The monoisotopic (exact) mass is 273 g/mol. The predicted octanol–water partition coefficient (Wildman–Crippen LogP) is 2.57. The van der Waals surface area contributed by atoms with Gasteiger partial charge in [0.05, 0.1) is 0 Å². The Morgan fingerprint density at radius 1 is 1.05 bits per heavy atom. The summed E-state index contributed by atoms with van der Waals surface area (Å²) >= 11 is 0. The molecular formula is C16H19NO3. The van der Waals surface area contributed by atoms with Crippen molar-refractivity contribution in [1.29, 1.82) is 0 Å². The molecule has 0 saturated carbocycles. The molecule has 2 aromatic rings. The second kappa shape index (κ2) is 6.82. The molecule has 20 heavy (non-hydrogen) atoms. The van der Waals surface area contributed by atoms with E-state index in [4.69, 9.17) is 4.74 Å². The summed E-state index contributed by atoms with van der Waals surface area (Å²) < 4.78 is 5.62. The summed E-state index contributed by atoms with van der Waals surface area (Å²) in [6, 6.07) is 12.7. The summed E-state index contributed by atoms with van der Waals surface area (Å²) in [5.41, 5.74) is 2.09. The zero-order valence-corrected chi connectivity index (χ0v) is 11.5. The van der Waals surface area contributed by atoms with E-state index in [1.807, 2.05) is 31.2 Å². The molecule has 2 rings (SSSR count). The minimum atomic E-state index is -0.100. The maximum Gasteiger partial charge on any atom is 0.157 e. The number of benzene rings is 2. The van der Waals surface area contributed by atoms with Gasteiger partial charge in [-0.2, -0.15) is 0 Å². The lowest BCUT2D eigenvalue weighted by molar-refractivity contribution is 0.313. The average molecular weight is 273 g/mol. The van der Waals surface area contributed by atoms with Crippen LogP contribution in [0.1, 0.15) is 11.1 Å². The molecule has 0 aliphatic carbocycles. The molecule has 0 atom stereocenters. The van der Waals surface area contributed by atoms with E-state index < -0.39 is 0 Å². The Morgan fingerprint density at radius 3 is 2.65 bits per heavy atom. The molecule has 0 aliphatic heterocycles. The first-order chi connectivity index (χ1) is 9.65. The maximum absolute atomic E-state index is 9.37. The zero-order chi connectivity index (χ0) is 14.4. The fourth-order valence-corrected chi connectivity index (χ4v) is 1.86. The zero-order valence-electron chi connectivity index (χ0n) is 11.5. The highest BCUT2D eigenvalue weighted by molar-refractivity contribution is 5.40. The SMILES string of the molecule is Cc1cccc(OCCNCc2ccc(O)c(O)c2)c1. The summed E-state index contributed by atoms with van der Waals surface area (Å²) in [5, 5.41) is 21.8. The fourth-order valence-electron chi connectivity index (χ4n) is 1.86. The van der Waals surface area contributed by atoms with Crippen LogP contribution in [0.25, 0.3) is 0 Å². The van der Waals surface area contributed by atoms with Crippen LogP contribution >= 0.6 is 0 Å². The van der Waals surface area contributed by atoms with E-state index in [9.17, 15) is 10.2 Å². The van der Waals surface area contributed by atoms with Gasteiger partial charge in [0, 0.05) is 13.1 Å². The summed E-state index contributed by atoms with van der Waals surface area (Å²) in [5.74, 6) is 0.672. The van der Waals surface area contributed by atoms with Crippen molar-refractivity contribution in [3.8, 4) is 17.2 Å². The van der Waals surface area contributed by atoms with Gasteiger partial charge in [0.1, 0.15) is 12.4 Å². The van der Waals surface area contributed by atoms with Crippen molar-refractivity contribution in [2.24, 2.45) is 0 Å². The van der Waals surface area contributed by atoms with E-state index in [1.165, 1.54) is 11.6 Å². The molecule has 0 saturated heterocycles. The lowest BCUT2D eigenvalue weighted by Gasteiger charge is -2.08. The second-order valence-corrected chi connectivity index (χ2v) is 4.66. The summed E-state index contributed by atoms with van der Waals surface area (Å²) in [4.78, 5) is 0. The van der Waals surface area contributed by atoms with Crippen LogP contribution in [0, 0.1) is 6.92 Å². The van der Waals surface area contributed by atoms with Crippen LogP contribution in [0.2, 0.25) is 0 Å². The molecule has 0 amide bonds. The number of ether oxygens (including phenoxy) is 1. The third-order valence-corrected chi connectivity index (χ3v) is 2.91. The molecule has 0 fully saturated rings. The van der Waals surface area contributed by atoms with Gasteiger partial charge in [-0.1, -0.05) is 18.2 Å². The number of hydrogen-bond acceptors (Lipinski definition) is 4. The minimum absolute atomic E-state index is 0.0969. The molecule has 0 unspecified atom stereocenters. The van der Waals surface area contributed by atoms with E-state index >= 15 is 0 Å². The highest BCUT2D eigenvalue weighted by Gasteiger charge is 2.00. The lowest BCUT2D eigenvalue weighted by atomic mass is 10.2. The Bertz CT molecular complexity index is 569. The van der Waals surface area contributed by atoms with E-state index in [1.54, 1.807) is 12.1 Å². The van der Waals surface area contributed by atoms with Gasteiger partial charge < -0.3 is 20.3 Å². The Balaban J connectivity index is 1.70. The van der Waals surface area contributed by atoms with E-state index in [0.29, 0.717) is 19.7 Å². The molecule has 4 nitrogen and oxygen atoms in total. The van der Waals surface area contributed by atoms with Gasteiger partial charge in [-0.15, -0.1) is 0 Å². The van der Waals surface area contributed by atoms with Crippen LogP contribution in [-0.2, 0) is 6.54 Å². The smallest absolute Gasteiger partial charge is 0.157 e. The Morgan fingerprint density at radius 2 is 1.90 bits per heavy atom. The molecule has 0 aromatic heterocycles. The first-order valence-electron chi connectivity index (χ1n) is 6.56. The molecule has 0 heterocycles. The number of rotatable bonds is 6. The van der Waals surface area contributed by atoms with Crippen molar-refractivity contribution in [2.45, 2.75) is 13.5 Å². The van der Waals surface area contributed by atoms with Crippen LogP contribution in [0.15, 0.2) is 42.5 Å².